The average Bonchev–Trinajstić information content (AvgIpc) is 3.05. The predicted molar refractivity (Wildman–Crippen MR) is 86.8 cm³/mol. The van der Waals surface area contributed by atoms with Crippen molar-refractivity contribution in [1.29, 1.82) is 0 Å². The first-order valence-corrected chi connectivity index (χ1v) is 7.58. The maximum atomic E-state index is 13.5. The summed E-state index contributed by atoms with van der Waals surface area (Å²) >= 11 is 0. The van der Waals surface area contributed by atoms with E-state index in [1.54, 1.807) is 12.4 Å². The standard InChI is InChI=1S/C18H16FN3O/c1-10-14(21-9-20-10)7-11-3-6-15-17(18(11)23)13-5-4-12(19)8-16(13)22(15)2/h4-5,7-9H,3,6H2,1-2H3,(H,20,21). The van der Waals surface area contributed by atoms with Crippen molar-refractivity contribution >= 4 is 22.8 Å². The molecule has 4 rings (SSSR count). The molecular weight excluding hydrogens is 293 g/mol. The molecule has 2 aromatic heterocycles. The number of benzene rings is 1. The van der Waals surface area contributed by atoms with Crippen molar-refractivity contribution in [2.45, 2.75) is 19.8 Å². The van der Waals surface area contributed by atoms with Crippen LogP contribution in [-0.4, -0.2) is 20.3 Å². The lowest BCUT2D eigenvalue weighted by atomic mass is 9.89. The number of ketones is 1. The molecule has 2 heterocycles. The van der Waals surface area contributed by atoms with Crippen LogP contribution in [0.25, 0.3) is 17.0 Å². The summed E-state index contributed by atoms with van der Waals surface area (Å²) in [5.74, 6) is -0.267. The van der Waals surface area contributed by atoms with Crippen LogP contribution in [0.15, 0.2) is 30.1 Å². The van der Waals surface area contributed by atoms with E-state index in [9.17, 15) is 9.18 Å². The van der Waals surface area contributed by atoms with Gasteiger partial charge in [0.1, 0.15) is 5.82 Å². The van der Waals surface area contributed by atoms with E-state index in [2.05, 4.69) is 9.97 Å². The second kappa shape index (κ2) is 4.91. The highest BCUT2D eigenvalue weighted by Gasteiger charge is 2.28. The van der Waals surface area contributed by atoms with E-state index in [1.165, 1.54) is 12.1 Å². The number of H-pyrrole nitrogens is 1. The summed E-state index contributed by atoms with van der Waals surface area (Å²) in [5, 5.41) is 0.818. The molecule has 0 fully saturated rings. The van der Waals surface area contributed by atoms with Crippen molar-refractivity contribution in [1.82, 2.24) is 14.5 Å². The van der Waals surface area contributed by atoms with Crippen LogP contribution in [0.3, 0.4) is 0 Å². The zero-order valence-electron chi connectivity index (χ0n) is 13.0. The third kappa shape index (κ3) is 2.04. The van der Waals surface area contributed by atoms with Gasteiger partial charge in [0.2, 0.25) is 0 Å². The van der Waals surface area contributed by atoms with Gasteiger partial charge in [-0.15, -0.1) is 0 Å². The van der Waals surface area contributed by atoms with E-state index in [0.29, 0.717) is 12.0 Å². The molecule has 1 N–H and O–H groups in total. The molecule has 0 saturated heterocycles. The summed E-state index contributed by atoms with van der Waals surface area (Å²) in [5.41, 5.74) is 4.93. The minimum atomic E-state index is -0.286. The fraction of sp³-hybridized carbons (Fsp3) is 0.222. The summed E-state index contributed by atoms with van der Waals surface area (Å²) in [4.78, 5) is 20.2. The Kier molecular flexibility index (Phi) is 2.98. The molecule has 4 nitrogen and oxygen atoms in total. The summed E-state index contributed by atoms with van der Waals surface area (Å²) in [7, 11) is 1.89. The number of allylic oxidation sites excluding steroid dienone is 1. The quantitative estimate of drug-likeness (QED) is 0.699. The van der Waals surface area contributed by atoms with E-state index in [-0.39, 0.29) is 11.6 Å². The molecule has 1 aromatic carbocycles. The number of imidazole rings is 1. The number of hydrogen-bond acceptors (Lipinski definition) is 2. The van der Waals surface area contributed by atoms with Gasteiger partial charge in [0.15, 0.2) is 5.78 Å². The second-order valence-electron chi connectivity index (χ2n) is 5.95. The lowest BCUT2D eigenvalue weighted by Crippen LogP contribution is -2.15. The fourth-order valence-electron chi connectivity index (χ4n) is 3.35. The van der Waals surface area contributed by atoms with Gasteiger partial charge in [-0.3, -0.25) is 4.79 Å². The Balaban J connectivity index is 1.89. The van der Waals surface area contributed by atoms with Crippen LogP contribution < -0.4 is 0 Å². The number of carbonyl (C=O) groups excluding carboxylic acids is 1. The van der Waals surface area contributed by atoms with E-state index in [1.807, 2.05) is 24.6 Å². The molecule has 0 amide bonds. The molecule has 5 heteroatoms. The van der Waals surface area contributed by atoms with E-state index in [0.717, 1.165) is 40.0 Å². The van der Waals surface area contributed by atoms with Gasteiger partial charge < -0.3 is 9.55 Å². The first-order chi connectivity index (χ1) is 11.1. The predicted octanol–water partition coefficient (Wildman–Crippen LogP) is 3.56. The zero-order chi connectivity index (χ0) is 16.1. The molecule has 3 aromatic rings. The Morgan fingerprint density at radius 3 is 2.91 bits per heavy atom. The molecule has 23 heavy (non-hydrogen) atoms. The SMILES string of the molecule is Cc1[nH]cnc1C=C1CCc2c(c3ccc(F)cc3n2C)C1=O. The van der Waals surface area contributed by atoms with Crippen molar-refractivity contribution in [3.63, 3.8) is 0 Å². The molecule has 0 bridgehead atoms. The minimum absolute atomic E-state index is 0.0193. The fourth-order valence-corrected chi connectivity index (χ4v) is 3.35. The van der Waals surface area contributed by atoms with Gasteiger partial charge >= 0.3 is 0 Å². The van der Waals surface area contributed by atoms with Crippen LogP contribution in [0, 0.1) is 12.7 Å². The third-order valence-corrected chi connectivity index (χ3v) is 4.61. The molecular formula is C18H16FN3O. The van der Waals surface area contributed by atoms with Crippen molar-refractivity contribution in [3.8, 4) is 0 Å². The Morgan fingerprint density at radius 1 is 1.35 bits per heavy atom. The third-order valence-electron chi connectivity index (χ3n) is 4.61. The summed E-state index contributed by atoms with van der Waals surface area (Å²) in [6.07, 6.45) is 4.93. The Bertz CT molecular complexity index is 978. The van der Waals surface area contributed by atoms with Gasteiger partial charge in [-0.05, 0) is 44.0 Å². The molecule has 0 atom stereocenters. The number of nitrogens with one attached hydrogen (secondary N) is 1. The summed E-state index contributed by atoms with van der Waals surface area (Å²) in [6.45, 7) is 1.93. The Hall–Kier alpha value is -2.69. The molecule has 1 aliphatic carbocycles. The highest BCUT2D eigenvalue weighted by molar-refractivity contribution is 6.20. The van der Waals surface area contributed by atoms with Crippen LogP contribution in [-0.2, 0) is 13.5 Å². The number of Topliss-reactive ketones (excluding diaryl/α,β-unsaturated/α-hetero) is 1. The lowest BCUT2D eigenvalue weighted by Gasteiger charge is -2.15. The number of aryl methyl sites for hydroxylation is 2. The number of nitrogens with zero attached hydrogens (tertiary/aromatic N) is 2. The van der Waals surface area contributed by atoms with Crippen LogP contribution in [0.2, 0.25) is 0 Å². The van der Waals surface area contributed by atoms with E-state index >= 15 is 0 Å². The van der Waals surface area contributed by atoms with Gasteiger partial charge in [-0.1, -0.05) is 0 Å². The minimum Gasteiger partial charge on any atom is -0.348 e. The zero-order valence-corrected chi connectivity index (χ0v) is 13.0. The van der Waals surface area contributed by atoms with Crippen LogP contribution in [0.4, 0.5) is 4.39 Å². The Morgan fingerprint density at radius 2 is 2.17 bits per heavy atom. The molecule has 1 aliphatic rings. The van der Waals surface area contributed by atoms with Crippen molar-refractivity contribution in [2.24, 2.45) is 7.05 Å². The highest BCUT2D eigenvalue weighted by atomic mass is 19.1. The summed E-state index contributed by atoms with van der Waals surface area (Å²) < 4.78 is 15.5. The topological polar surface area (TPSA) is 50.7 Å². The van der Waals surface area contributed by atoms with Crippen LogP contribution in [0.1, 0.15) is 33.9 Å². The first-order valence-electron chi connectivity index (χ1n) is 7.58. The monoisotopic (exact) mass is 309 g/mol. The molecule has 0 radical (unpaired) electrons. The smallest absolute Gasteiger partial charge is 0.191 e. The van der Waals surface area contributed by atoms with Gasteiger partial charge in [-0.25, -0.2) is 9.37 Å². The number of aromatic nitrogens is 3. The summed E-state index contributed by atoms with van der Waals surface area (Å²) in [6, 6.07) is 4.60. The van der Waals surface area contributed by atoms with E-state index < -0.39 is 0 Å². The number of halogens is 1. The number of carbonyl (C=O) groups is 1. The molecule has 0 aliphatic heterocycles. The van der Waals surface area contributed by atoms with E-state index in [4.69, 9.17) is 0 Å². The van der Waals surface area contributed by atoms with Gasteiger partial charge in [0.25, 0.3) is 0 Å². The van der Waals surface area contributed by atoms with Crippen LogP contribution in [0.5, 0.6) is 0 Å². The van der Waals surface area contributed by atoms with Gasteiger partial charge in [-0.2, -0.15) is 0 Å². The largest absolute Gasteiger partial charge is 0.348 e. The molecule has 0 spiro atoms. The second-order valence-corrected chi connectivity index (χ2v) is 5.95. The number of rotatable bonds is 1. The normalized spacial score (nSPS) is 16.3. The average molecular weight is 309 g/mol. The molecule has 116 valence electrons. The van der Waals surface area contributed by atoms with Gasteiger partial charge in [0.05, 0.1) is 23.1 Å². The highest BCUT2D eigenvalue weighted by Crippen LogP contribution is 2.34. The maximum absolute atomic E-state index is 13.5. The first kappa shape index (κ1) is 13.9. The van der Waals surface area contributed by atoms with Crippen molar-refractivity contribution in [3.05, 3.63) is 58.6 Å². The Labute approximate surface area is 132 Å². The molecule has 0 unspecified atom stereocenters. The van der Waals surface area contributed by atoms with Crippen LogP contribution >= 0.6 is 0 Å². The number of fused-ring (bicyclic) bond motifs is 3. The van der Waals surface area contributed by atoms with Gasteiger partial charge in [0, 0.05) is 29.4 Å². The van der Waals surface area contributed by atoms with Crippen molar-refractivity contribution < 1.29 is 9.18 Å². The lowest BCUT2D eigenvalue weighted by molar-refractivity contribution is 0.102. The number of hydrogen-bond donors (Lipinski definition) is 1. The maximum Gasteiger partial charge on any atom is 0.191 e. The van der Waals surface area contributed by atoms with Crippen molar-refractivity contribution in [2.75, 3.05) is 0 Å². The number of aromatic amines is 1. The molecule has 0 saturated carbocycles.